The van der Waals surface area contributed by atoms with Crippen LogP contribution < -0.4 is 5.32 Å². The molecule has 120 valence electrons. The second-order valence-corrected chi connectivity index (χ2v) is 11.1. The maximum absolute atomic E-state index is 12.5. The molecule has 1 fully saturated rings. The van der Waals surface area contributed by atoms with Gasteiger partial charge in [0, 0.05) is 28.9 Å². The molecular weight excluding hydrogens is 294 g/mol. The van der Waals surface area contributed by atoms with E-state index in [1.807, 2.05) is 7.05 Å². The van der Waals surface area contributed by atoms with Crippen LogP contribution in [0.25, 0.3) is 0 Å². The monoisotopic (exact) mass is 323 g/mol. The first kappa shape index (κ1) is 18.1. The van der Waals surface area contributed by atoms with Gasteiger partial charge in [-0.3, -0.25) is 4.21 Å². The van der Waals surface area contributed by atoms with E-state index in [1.54, 1.807) is 0 Å². The zero-order valence-corrected chi connectivity index (χ0v) is 14.9. The highest BCUT2D eigenvalue weighted by molar-refractivity contribution is 7.92. The van der Waals surface area contributed by atoms with Gasteiger partial charge in [-0.15, -0.1) is 0 Å². The predicted octanol–water partition coefficient (Wildman–Crippen LogP) is 1.58. The molecule has 0 aromatic rings. The van der Waals surface area contributed by atoms with Gasteiger partial charge in [0.1, 0.15) is 9.84 Å². The maximum Gasteiger partial charge on any atom is 0.148 e. The molecular formula is C14H29NO3S2. The van der Waals surface area contributed by atoms with E-state index in [9.17, 15) is 12.6 Å². The Hall–Kier alpha value is 0.0600. The molecule has 1 saturated carbocycles. The minimum absolute atomic E-state index is 0.0206. The third-order valence-electron chi connectivity index (χ3n) is 4.38. The first-order valence-corrected chi connectivity index (χ1v) is 10.7. The first-order valence-electron chi connectivity index (χ1n) is 7.26. The van der Waals surface area contributed by atoms with Crippen LogP contribution in [0, 0.1) is 11.3 Å². The van der Waals surface area contributed by atoms with E-state index in [0.29, 0.717) is 5.92 Å². The highest BCUT2D eigenvalue weighted by atomic mass is 32.2. The van der Waals surface area contributed by atoms with Crippen LogP contribution in [0.4, 0.5) is 0 Å². The fourth-order valence-corrected chi connectivity index (χ4v) is 6.18. The summed E-state index contributed by atoms with van der Waals surface area (Å²) in [7, 11) is -2.21. The van der Waals surface area contributed by atoms with E-state index in [4.69, 9.17) is 0 Å². The van der Waals surface area contributed by atoms with E-state index in [2.05, 4.69) is 26.1 Å². The Morgan fingerprint density at radius 3 is 2.30 bits per heavy atom. The van der Waals surface area contributed by atoms with Crippen molar-refractivity contribution in [2.75, 3.05) is 24.8 Å². The van der Waals surface area contributed by atoms with Crippen molar-refractivity contribution in [1.29, 1.82) is 0 Å². The smallest absolute Gasteiger partial charge is 0.148 e. The van der Waals surface area contributed by atoms with Crippen molar-refractivity contribution in [3.8, 4) is 0 Å². The normalized spacial score (nSPS) is 30.1. The molecule has 1 aliphatic carbocycles. The quantitative estimate of drug-likeness (QED) is 0.834. The summed E-state index contributed by atoms with van der Waals surface area (Å²) in [4.78, 5) is 0. The van der Waals surface area contributed by atoms with Gasteiger partial charge in [0.25, 0.3) is 0 Å². The van der Waals surface area contributed by atoms with Crippen molar-refractivity contribution < 1.29 is 12.6 Å². The van der Waals surface area contributed by atoms with Crippen molar-refractivity contribution in [3.05, 3.63) is 0 Å². The van der Waals surface area contributed by atoms with Crippen LogP contribution in [0.3, 0.4) is 0 Å². The summed E-state index contributed by atoms with van der Waals surface area (Å²) in [5.74, 6) is 0.838. The fourth-order valence-electron chi connectivity index (χ4n) is 2.92. The zero-order valence-electron chi connectivity index (χ0n) is 13.3. The molecule has 1 aliphatic rings. The van der Waals surface area contributed by atoms with Gasteiger partial charge in [0.2, 0.25) is 0 Å². The SMILES string of the molecule is CNC1CCC(C(C)(C)C)CC1S(=O)CCS(C)(=O)=O. The highest BCUT2D eigenvalue weighted by Crippen LogP contribution is 2.39. The maximum atomic E-state index is 12.5. The van der Waals surface area contributed by atoms with Crippen LogP contribution in [0.1, 0.15) is 40.0 Å². The number of nitrogens with one attached hydrogen (secondary N) is 1. The topological polar surface area (TPSA) is 63.2 Å². The van der Waals surface area contributed by atoms with E-state index in [-0.39, 0.29) is 28.2 Å². The molecule has 0 bridgehead atoms. The van der Waals surface area contributed by atoms with Crippen LogP contribution in [0.2, 0.25) is 0 Å². The van der Waals surface area contributed by atoms with Gasteiger partial charge < -0.3 is 5.32 Å². The van der Waals surface area contributed by atoms with Crippen LogP contribution >= 0.6 is 0 Å². The Morgan fingerprint density at radius 1 is 1.25 bits per heavy atom. The summed E-state index contributed by atoms with van der Waals surface area (Å²) in [6.45, 7) is 6.69. The summed E-state index contributed by atoms with van der Waals surface area (Å²) in [6, 6.07) is 0.244. The van der Waals surface area contributed by atoms with E-state index >= 15 is 0 Å². The molecule has 4 atom stereocenters. The Labute approximate surface area is 126 Å². The lowest BCUT2D eigenvalue weighted by molar-refractivity contribution is 0.166. The molecule has 0 aliphatic heterocycles. The minimum Gasteiger partial charge on any atom is -0.316 e. The van der Waals surface area contributed by atoms with Gasteiger partial charge in [-0.2, -0.15) is 0 Å². The number of sulfone groups is 1. The summed E-state index contributed by atoms with van der Waals surface area (Å²) in [6.07, 6.45) is 4.30. The van der Waals surface area contributed by atoms with Gasteiger partial charge in [0.05, 0.1) is 11.0 Å². The lowest BCUT2D eigenvalue weighted by Crippen LogP contribution is -2.47. The Bertz CT molecular complexity index is 440. The van der Waals surface area contributed by atoms with E-state index < -0.39 is 20.6 Å². The van der Waals surface area contributed by atoms with Crippen molar-refractivity contribution in [1.82, 2.24) is 5.32 Å². The first-order chi connectivity index (χ1) is 9.04. The Kier molecular flexibility index (Phi) is 6.23. The molecule has 0 radical (unpaired) electrons. The van der Waals surface area contributed by atoms with Crippen molar-refractivity contribution >= 4 is 20.6 Å². The van der Waals surface area contributed by atoms with Crippen LogP contribution in [-0.2, 0) is 20.6 Å². The molecule has 0 amide bonds. The Morgan fingerprint density at radius 2 is 1.85 bits per heavy atom. The minimum atomic E-state index is -3.04. The molecule has 1 N–H and O–H groups in total. The Balaban J connectivity index is 2.74. The van der Waals surface area contributed by atoms with Crippen molar-refractivity contribution in [2.45, 2.75) is 51.3 Å². The van der Waals surface area contributed by atoms with Crippen LogP contribution in [0.5, 0.6) is 0 Å². The van der Waals surface area contributed by atoms with Crippen molar-refractivity contribution in [3.63, 3.8) is 0 Å². The summed E-state index contributed by atoms with van der Waals surface area (Å²) < 4.78 is 35.0. The summed E-state index contributed by atoms with van der Waals surface area (Å²) >= 11 is 0. The third-order valence-corrected chi connectivity index (χ3v) is 7.39. The zero-order chi connectivity index (χ0) is 15.6. The van der Waals surface area contributed by atoms with Gasteiger partial charge >= 0.3 is 0 Å². The van der Waals surface area contributed by atoms with Crippen molar-refractivity contribution in [2.24, 2.45) is 11.3 Å². The van der Waals surface area contributed by atoms with Gasteiger partial charge in [-0.25, -0.2) is 8.42 Å². The van der Waals surface area contributed by atoms with Crippen LogP contribution in [0.15, 0.2) is 0 Å². The van der Waals surface area contributed by atoms with Gasteiger partial charge in [-0.05, 0) is 37.6 Å². The highest BCUT2D eigenvalue weighted by Gasteiger charge is 2.38. The molecule has 0 spiro atoms. The van der Waals surface area contributed by atoms with Gasteiger partial charge in [-0.1, -0.05) is 20.8 Å². The number of hydrogen-bond acceptors (Lipinski definition) is 4. The second kappa shape index (κ2) is 6.88. The molecule has 4 nitrogen and oxygen atoms in total. The molecule has 0 aromatic heterocycles. The lowest BCUT2D eigenvalue weighted by Gasteiger charge is -2.41. The van der Waals surface area contributed by atoms with E-state index in [1.165, 1.54) is 6.26 Å². The molecule has 20 heavy (non-hydrogen) atoms. The average Bonchev–Trinajstić information content (AvgIpc) is 2.33. The van der Waals surface area contributed by atoms with Gasteiger partial charge in [0.15, 0.2) is 0 Å². The summed E-state index contributed by atoms with van der Waals surface area (Å²) in [5.41, 5.74) is 0.220. The second-order valence-electron chi connectivity index (χ2n) is 7.02. The molecule has 0 aromatic carbocycles. The number of hydrogen-bond donors (Lipinski definition) is 1. The molecule has 6 heteroatoms. The molecule has 0 saturated heterocycles. The molecule has 0 heterocycles. The fraction of sp³-hybridized carbons (Fsp3) is 1.00. The largest absolute Gasteiger partial charge is 0.316 e. The standard InChI is InChI=1S/C14H29NO3S2/c1-14(2,3)11-6-7-12(15-4)13(10-11)19(16)8-9-20(5,17)18/h11-13,15H,6-10H2,1-5H3. The average molecular weight is 324 g/mol. The third kappa shape index (κ3) is 5.45. The summed E-state index contributed by atoms with van der Waals surface area (Å²) in [5, 5.41) is 3.33. The number of rotatable bonds is 5. The predicted molar refractivity (Wildman–Crippen MR) is 86.2 cm³/mol. The van der Waals surface area contributed by atoms with Crippen LogP contribution in [-0.4, -0.2) is 48.7 Å². The molecule has 4 unspecified atom stereocenters. The lowest BCUT2D eigenvalue weighted by atomic mass is 9.71. The van der Waals surface area contributed by atoms with E-state index in [0.717, 1.165) is 19.3 Å². The molecule has 1 rings (SSSR count).